The molecule has 0 atom stereocenters. The van der Waals surface area contributed by atoms with Crippen molar-refractivity contribution in [3.8, 4) is 5.69 Å². The maximum Gasteiger partial charge on any atom is 0.113 e. The number of hydrogen-bond acceptors (Lipinski definition) is 0. The van der Waals surface area contributed by atoms with Crippen molar-refractivity contribution in [3.05, 3.63) is 84.9 Å². The summed E-state index contributed by atoms with van der Waals surface area (Å²) in [5, 5.41) is 4.94. The lowest BCUT2D eigenvalue weighted by Gasteiger charge is -2.10. The number of rotatable bonds is 1. The van der Waals surface area contributed by atoms with Gasteiger partial charge in [-0.2, -0.15) is 0 Å². The van der Waals surface area contributed by atoms with Gasteiger partial charge in [0.05, 0.1) is 11.0 Å². The van der Waals surface area contributed by atoms with Crippen LogP contribution in [0.15, 0.2) is 84.9 Å². The molecule has 0 N–H and O–H groups in total. The van der Waals surface area contributed by atoms with Crippen LogP contribution < -0.4 is 5.46 Å². The van der Waals surface area contributed by atoms with E-state index in [1.807, 2.05) is 12.1 Å². The Labute approximate surface area is 141 Å². The highest BCUT2D eigenvalue weighted by molar-refractivity contribution is 6.33. The highest BCUT2D eigenvalue weighted by Crippen LogP contribution is 2.35. The average Bonchev–Trinajstić information content (AvgIpc) is 2.97. The summed E-state index contributed by atoms with van der Waals surface area (Å²) in [6.07, 6.45) is 0. The fourth-order valence-corrected chi connectivity index (χ4v) is 3.65. The Bertz CT molecular complexity index is 1200. The SMILES string of the molecule is [B]c1ccc2c(ccc3c4ccccc4n(-c4ccccc4)c23)c1. The van der Waals surface area contributed by atoms with Gasteiger partial charge in [0.25, 0.3) is 0 Å². The van der Waals surface area contributed by atoms with Crippen molar-refractivity contribution in [2.24, 2.45) is 0 Å². The molecule has 0 unspecified atom stereocenters. The summed E-state index contributed by atoms with van der Waals surface area (Å²) < 4.78 is 2.35. The summed E-state index contributed by atoms with van der Waals surface area (Å²) in [5.41, 5.74) is 4.43. The van der Waals surface area contributed by atoms with E-state index in [1.165, 1.54) is 38.3 Å². The fraction of sp³-hybridized carbons (Fsp3) is 0. The molecule has 0 saturated carbocycles. The Kier molecular flexibility index (Phi) is 2.80. The fourth-order valence-electron chi connectivity index (χ4n) is 3.65. The molecule has 0 amide bonds. The van der Waals surface area contributed by atoms with Crippen molar-refractivity contribution in [1.29, 1.82) is 0 Å². The van der Waals surface area contributed by atoms with E-state index < -0.39 is 0 Å². The molecule has 1 heterocycles. The molecule has 0 aliphatic heterocycles. The third-order valence-electron chi connectivity index (χ3n) is 4.69. The molecule has 2 heteroatoms. The molecule has 24 heavy (non-hydrogen) atoms. The van der Waals surface area contributed by atoms with Crippen LogP contribution in [0.2, 0.25) is 0 Å². The molecule has 110 valence electrons. The number of hydrogen-bond donors (Lipinski definition) is 0. The van der Waals surface area contributed by atoms with E-state index in [1.54, 1.807) is 0 Å². The van der Waals surface area contributed by atoms with Crippen molar-refractivity contribution < 1.29 is 0 Å². The second-order valence-electron chi connectivity index (χ2n) is 6.13. The van der Waals surface area contributed by atoms with Gasteiger partial charge in [-0.25, -0.2) is 0 Å². The van der Waals surface area contributed by atoms with Gasteiger partial charge in [-0.3, -0.25) is 0 Å². The van der Waals surface area contributed by atoms with Gasteiger partial charge in [0.1, 0.15) is 7.85 Å². The van der Waals surface area contributed by atoms with E-state index in [2.05, 4.69) is 77.4 Å². The second kappa shape index (κ2) is 5.00. The molecule has 0 aliphatic carbocycles. The average molecular weight is 303 g/mol. The molecular weight excluding hydrogens is 289 g/mol. The quantitative estimate of drug-likeness (QED) is 0.394. The molecule has 1 nitrogen and oxygen atoms in total. The zero-order valence-electron chi connectivity index (χ0n) is 13.1. The Morgan fingerprint density at radius 1 is 0.625 bits per heavy atom. The van der Waals surface area contributed by atoms with Crippen LogP contribution in [-0.4, -0.2) is 12.4 Å². The first-order valence-corrected chi connectivity index (χ1v) is 8.10. The van der Waals surface area contributed by atoms with E-state index >= 15 is 0 Å². The number of para-hydroxylation sites is 2. The predicted octanol–water partition coefficient (Wildman–Crippen LogP) is 4.73. The first-order valence-electron chi connectivity index (χ1n) is 8.10. The Balaban J connectivity index is 2.07. The predicted molar refractivity (Wildman–Crippen MR) is 104 cm³/mol. The first-order chi connectivity index (χ1) is 11.8. The smallest absolute Gasteiger partial charge is 0.113 e. The van der Waals surface area contributed by atoms with Crippen LogP contribution in [0, 0.1) is 0 Å². The number of aromatic nitrogens is 1. The summed E-state index contributed by atoms with van der Waals surface area (Å²) in [6.45, 7) is 0. The number of benzene rings is 4. The molecule has 0 aliphatic rings. The van der Waals surface area contributed by atoms with Gasteiger partial charge in [0.2, 0.25) is 0 Å². The molecule has 2 radical (unpaired) electrons. The van der Waals surface area contributed by atoms with Crippen LogP contribution in [0.1, 0.15) is 0 Å². The highest BCUT2D eigenvalue weighted by atomic mass is 15.0. The molecule has 0 saturated heterocycles. The molecule has 5 rings (SSSR count). The van der Waals surface area contributed by atoms with E-state index in [0.29, 0.717) is 0 Å². The first kappa shape index (κ1) is 13.4. The van der Waals surface area contributed by atoms with E-state index in [-0.39, 0.29) is 0 Å². The minimum atomic E-state index is 0.796. The van der Waals surface area contributed by atoms with Crippen LogP contribution in [0.5, 0.6) is 0 Å². The van der Waals surface area contributed by atoms with Gasteiger partial charge in [0.15, 0.2) is 0 Å². The number of fused-ring (bicyclic) bond motifs is 5. The van der Waals surface area contributed by atoms with E-state index in [9.17, 15) is 0 Å². The lowest BCUT2D eigenvalue weighted by atomic mass is 9.93. The lowest BCUT2D eigenvalue weighted by Crippen LogP contribution is -2.00. The van der Waals surface area contributed by atoms with Gasteiger partial charge in [0, 0.05) is 21.8 Å². The minimum absolute atomic E-state index is 0.796. The standard InChI is InChI=1S/C22H14BN/c23-16-11-13-18-15(14-16)10-12-20-19-8-4-5-9-21(19)24(22(18)20)17-6-2-1-3-7-17/h1-14H. The second-order valence-corrected chi connectivity index (χ2v) is 6.13. The summed E-state index contributed by atoms with van der Waals surface area (Å²) in [6, 6.07) is 29.6. The van der Waals surface area contributed by atoms with E-state index in [0.717, 1.165) is 5.46 Å². The van der Waals surface area contributed by atoms with Crippen LogP contribution in [0.3, 0.4) is 0 Å². The molecular formula is C22H14BN. The summed E-state index contributed by atoms with van der Waals surface area (Å²) in [4.78, 5) is 0. The van der Waals surface area contributed by atoms with Crippen molar-refractivity contribution in [3.63, 3.8) is 0 Å². The molecule has 5 aromatic rings. The maximum atomic E-state index is 5.99. The van der Waals surface area contributed by atoms with Crippen LogP contribution in [0.25, 0.3) is 38.3 Å². The Hall–Kier alpha value is -3.00. The Morgan fingerprint density at radius 3 is 2.25 bits per heavy atom. The van der Waals surface area contributed by atoms with Gasteiger partial charge in [-0.1, -0.05) is 72.2 Å². The van der Waals surface area contributed by atoms with Crippen molar-refractivity contribution in [1.82, 2.24) is 4.57 Å². The topological polar surface area (TPSA) is 4.93 Å². The van der Waals surface area contributed by atoms with Crippen LogP contribution >= 0.6 is 0 Å². The summed E-state index contributed by atoms with van der Waals surface area (Å²) in [7, 11) is 5.99. The summed E-state index contributed by atoms with van der Waals surface area (Å²) >= 11 is 0. The Morgan fingerprint density at radius 2 is 1.38 bits per heavy atom. The normalized spacial score (nSPS) is 11.5. The minimum Gasteiger partial charge on any atom is -0.309 e. The third-order valence-corrected chi connectivity index (χ3v) is 4.69. The molecule has 0 fully saturated rings. The van der Waals surface area contributed by atoms with Gasteiger partial charge in [-0.05, 0) is 23.6 Å². The molecule has 4 aromatic carbocycles. The zero-order chi connectivity index (χ0) is 16.1. The summed E-state index contributed by atoms with van der Waals surface area (Å²) in [5.74, 6) is 0. The van der Waals surface area contributed by atoms with Crippen molar-refractivity contribution in [2.45, 2.75) is 0 Å². The third kappa shape index (κ3) is 1.83. The van der Waals surface area contributed by atoms with Crippen LogP contribution in [0.4, 0.5) is 0 Å². The van der Waals surface area contributed by atoms with Gasteiger partial charge < -0.3 is 4.57 Å². The zero-order valence-corrected chi connectivity index (χ0v) is 13.1. The lowest BCUT2D eigenvalue weighted by molar-refractivity contribution is 1.19. The number of nitrogens with zero attached hydrogens (tertiary/aromatic N) is 1. The monoisotopic (exact) mass is 303 g/mol. The molecule has 1 aromatic heterocycles. The van der Waals surface area contributed by atoms with Crippen molar-refractivity contribution >= 4 is 45.9 Å². The van der Waals surface area contributed by atoms with Gasteiger partial charge >= 0.3 is 0 Å². The van der Waals surface area contributed by atoms with E-state index in [4.69, 9.17) is 7.85 Å². The van der Waals surface area contributed by atoms with Crippen molar-refractivity contribution in [2.75, 3.05) is 0 Å². The van der Waals surface area contributed by atoms with Gasteiger partial charge in [-0.15, -0.1) is 0 Å². The molecule has 0 spiro atoms. The largest absolute Gasteiger partial charge is 0.309 e. The van der Waals surface area contributed by atoms with Crippen LogP contribution in [-0.2, 0) is 0 Å². The maximum absolute atomic E-state index is 5.99. The highest BCUT2D eigenvalue weighted by Gasteiger charge is 2.14. The molecule has 0 bridgehead atoms.